The molecule has 0 aliphatic heterocycles. The van der Waals surface area contributed by atoms with E-state index in [1.54, 1.807) is 25.3 Å². The van der Waals surface area contributed by atoms with Crippen molar-refractivity contribution < 1.29 is 19.0 Å². The van der Waals surface area contributed by atoms with Crippen LogP contribution in [-0.2, 0) is 15.9 Å². The standard InChI is InChI=1S/C18H20O4/c1-20-13-14-21-17-10-6-5-9-16(17)18(19)22-12-11-15-7-3-2-4-8-15/h2-10H,11-14H2,1H3. The van der Waals surface area contributed by atoms with E-state index in [1.807, 2.05) is 36.4 Å². The fourth-order valence-corrected chi connectivity index (χ4v) is 1.98. The quantitative estimate of drug-likeness (QED) is 0.555. The topological polar surface area (TPSA) is 44.8 Å². The zero-order valence-corrected chi connectivity index (χ0v) is 12.7. The van der Waals surface area contributed by atoms with Crippen molar-refractivity contribution in [1.29, 1.82) is 0 Å². The maximum atomic E-state index is 12.2. The predicted octanol–water partition coefficient (Wildman–Crippen LogP) is 3.11. The third kappa shape index (κ3) is 4.90. The average Bonchev–Trinajstić information content (AvgIpc) is 2.56. The number of para-hydroxylation sites is 1. The summed E-state index contributed by atoms with van der Waals surface area (Å²) in [5.41, 5.74) is 1.58. The lowest BCUT2D eigenvalue weighted by atomic mass is 10.2. The summed E-state index contributed by atoms with van der Waals surface area (Å²) in [5.74, 6) is 0.146. The summed E-state index contributed by atoms with van der Waals surface area (Å²) < 4.78 is 15.8. The number of carbonyl (C=O) groups is 1. The van der Waals surface area contributed by atoms with Crippen molar-refractivity contribution in [3.8, 4) is 5.75 Å². The molecule has 0 radical (unpaired) electrons. The number of benzene rings is 2. The van der Waals surface area contributed by atoms with Crippen LogP contribution in [0.3, 0.4) is 0 Å². The van der Waals surface area contributed by atoms with Crippen LogP contribution in [0.1, 0.15) is 15.9 Å². The molecule has 0 saturated heterocycles. The Balaban J connectivity index is 1.89. The lowest BCUT2D eigenvalue weighted by molar-refractivity contribution is 0.0502. The molecule has 0 unspecified atom stereocenters. The lowest BCUT2D eigenvalue weighted by Crippen LogP contribution is -2.12. The van der Waals surface area contributed by atoms with Crippen molar-refractivity contribution in [2.45, 2.75) is 6.42 Å². The highest BCUT2D eigenvalue weighted by atomic mass is 16.5. The smallest absolute Gasteiger partial charge is 0.341 e. The molecule has 22 heavy (non-hydrogen) atoms. The van der Waals surface area contributed by atoms with Gasteiger partial charge in [-0.25, -0.2) is 4.79 Å². The van der Waals surface area contributed by atoms with Gasteiger partial charge in [0.25, 0.3) is 0 Å². The molecule has 2 aromatic carbocycles. The van der Waals surface area contributed by atoms with Gasteiger partial charge in [0, 0.05) is 13.5 Å². The minimum absolute atomic E-state index is 0.343. The van der Waals surface area contributed by atoms with E-state index < -0.39 is 0 Å². The van der Waals surface area contributed by atoms with Crippen molar-refractivity contribution in [2.75, 3.05) is 26.9 Å². The van der Waals surface area contributed by atoms with Gasteiger partial charge in [0.2, 0.25) is 0 Å². The van der Waals surface area contributed by atoms with Gasteiger partial charge in [-0.15, -0.1) is 0 Å². The van der Waals surface area contributed by atoms with Crippen molar-refractivity contribution in [3.05, 3.63) is 65.7 Å². The highest BCUT2D eigenvalue weighted by Crippen LogP contribution is 2.19. The first-order chi connectivity index (χ1) is 10.8. The van der Waals surface area contributed by atoms with E-state index in [0.29, 0.717) is 37.6 Å². The minimum Gasteiger partial charge on any atom is -0.490 e. The SMILES string of the molecule is COCCOc1ccccc1C(=O)OCCc1ccccc1. The van der Waals surface area contributed by atoms with E-state index >= 15 is 0 Å². The highest BCUT2D eigenvalue weighted by molar-refractivity contribution is 5.92. The monoisotopic (exact) mass is 300 g/mol. The van der Waals surface area contributed by atoms with Crippen LogP contribution in [0, 0.1) is 0 Å². The molecule has 0 aliphatic rings. The molecule has 2 rings (SSSR count). The third-order valence-corrected chi connectivity index (χ3v) is 3.12. The molecule has 0 spiro atoms. The Hall–Kier alpha value is -2.33. The van der Waals surface area contributed by atoms with Crippen molar-refractivity contribution in [1.82, 2.24) is 0 Å². The predicted molar refractivity (Wildman–Crippen MR) is 84.2 cm³/mol. The van der Waals surface area contributed by atoms with Gasteiger partial charge in [0.05, 0.1) is 13.2 Å². The van der Waals surface area contributed by atoms with Crippen LogP contribution in [0.2, 0.25) is 0 Å². The Bertz CT molecular complexity index is 581. The summed E-state index contributed by atoms with van der Waals surface area (Å²) >= 11 is 0. The zero-order valence-electron chi connectivity index (χ0n) is 12.7. The fraction of sp³-hybridized carbons (Fsp3) is 0.278. The Labute approximate surface area is 130 Å². The minimum atomic E-state index is -0.371. The molecule has 116 valence electrons. The molecule has 0 saturated carbocycles. The number of carbonyl (C=O) groups excluding carboxylic acids is 1. The van der Waals surface area contributed by atoms with E-state index in [-0.39, 0.29) is 5.97 Å². The second kappa shape index (κ2) is 8.85. The molecule has 0 N–H and O–H groups in total. The molecule has 2 aromatic rings. The Kier molecular flexibility index (Phi) is 6.45. The third-order valence-electron chi connectivity index (χ3n) is 3.12. The first-order valence-corrected chi connectivity index (χ1v) is 7.23. The van der Waals surface area contributed by atoms with E-state index in [1.165, 1.54) is 0 Å². The summed E-state index contributed by atoms with van der Waals surface area (Å²) in [6.07, 6.45) is 0.694. The fourth-order valence-electron chi connectivity index (χ4n) is 1.98. The molecule has 0 amide bonds. The molecular weight excluding hydrogens is 280 g/mol. The van der Waals surface area contributed by atoms with E-state index in [4.69, 9.17) is 14.2 Å². The van der Waals surface area contributed by atoms with Crippen molar-refractivity contribution in [3.63, 3.8) is 0 Å². The Morgan fingerprint density at radius 3 is 2.41 bits per heavy atom. The van der Waals surface area contributed by atoms with Gasteiger partial charge < -0.3 is 14.2 Å². The molecule has 0 atom stereocenters. The average molecular weight is 300 g/mol. The first-order valence-electron chi connectivity index (χ1n) is 7.23. The number of ether oxygens (including phenoxy) is 3. The van der Waals surface area contributed by atoms with Crippen LogP contribution in [0.25, 0.3) is 0 Å². The number of methoxy groups -OCH3 is 1. The Morgan fingerprint density at radius 2 is 1.64 bits per heavy atom. The van der Waals surface area contributed by atoms with Crippen molar-refractivity contribution >= 4 is 5.97 Å². The largest absolute Gasteiger partial charge is 0.490 e. The lowest BCUT2D eigenvalue weighted by Gasteiger charge is -2.11. The van der Waals surface area contributed by atoms with Gasteiger partial charge in [-0.3, -0.25) is 0 Å². The van der Waals surface area contributed by atoms with Crippen molar-refractivity contribution in [2.24, 2.45) is 0 Å². The van der Waals surface area contributed by atoms with E-state index in [9.17, 15) is 4.79 Å². The van der Waals surface area contributed by atoms with Crippen LogP contribution in [0.5, 0.6) is 5.75 Å². The van der Waals surface area contributed by atoms with Gasteiger partial charge in [0.1, 0.15) is 17.9 Å². The van der Waals surface area contributed by atoms with E-state index in [2.05, 4.69) is 0 Å². The molecule has 0 bridgehead atoms. The van der Waals surface area contributed by atoms with Crippen LogP contribution in [-0.4, -0.2) is 32.9 Å². The molecule has 0 aromatic heterocycles. The number of esters is 1. The van der Waals surface area contributed by atoms with Crippen LogP contribution in [0.4, 0.5) is 0 Å². The van der Waals surface area contributed by atoms with Crippen LogP contribution < -0.4 is 4.74 Å². The van der Waals surface area contributed by atoms with Gasteiger partial charge in [-0.2, -0.15) is 0 Å². The molecular formula is C18H20O4. The summed E-state index contributed by atoms with van der Waals surface area (Å²) in [6, 6.07) is 17.0. The second-order valence-corrected chi connectivity index (χ2v) is 4.71. The van der Waals surface area contributed by atoms with Gasteiger partial charge in [-0.05, 0) is 17.7 Å². The Morgan fingerprint density at radius 1 is 0.909 bits per heavy atom. The summed E-state index contributed by atoms with van der Waals surface area (Å²) in [5, 5.41) is 0. The van der Waals surface area contributed by atoms with Crippen LogP contribution in [0.15, 0.2) is 54.6 Å². The van der Waals surface area contributed by atoms with E-state index in [0.717, 1.165) is 5.56 Å². The number of hydrogen-bond acceptors (Lipinski definition) is 4. The zero-order chi connectivity index (χ0) is 15.6. The normalized spacial score (nSPS) is 10.2. The molecule has 0 aliphatic carbocycles. The number of rotatable bonds is 8. The molecule has 4 heteroatoms. The van der Waals surface area contributed by atoms with Gasteiger partial charge in [0.15, 0.2) is 0 Å². The summed E-state index contributed by atoms with van der Waals surface area (Å²) in [6.45, 7) is 1.21. The summed E-state index contributed by atoms with van der Waals surface area (Å²) in [7, 11) is 1.60. The molecule has 4 nitrogen and oxygen atoms in total. The highest BCUT2D eigenvalue weighted by Gasteiger charge is 2.13. The van der Waals surface area contributed by atoms with Gasteiger partial charge in [-0.1, -0.05) is 42.5 Å². The number of hydrogen-bond donors (Lipinski definition) is 0. The maximum absolute atomic E-state index is 12.2. The first kappa shape index (κ1) is 16.0. The molecule has 0 heterocycles. The van der Waals surface area contributed by atoms with Crippen LogP contribution >= 0.6 is 0 Å². The van der Waals surface area contributed by atoms with Gasteiger partial charge >= 0.3 is 5.97 Å². The molecule has 0 fully saturated rings. The summed E-state index contributed by atoms with van der Waals surface area (Å²) in [4.78, 5) is 12.2. The maximum Gasteiger partial charge on any atom is 0.341 e. The second-order valence-electron chi connectivity index (χ2n) is 4.71.